The molecule has 61 heavy (non-hydrogen) atoms. The smallest absolute Gasteiger partial charge is 0.164 e. The molecular weight excluding hydrogens is 741 g/mol. The van der Waals surface area contributed by atoms with Crippen LogP contribution < -0.4 is 0 Å². The van der Waals surface area contributed by atoms with Gasteiger partial charge in [0.1, 0.15) is 0 Å². The monoisotopic (exact) mass is 774 g/mol. The van der Waals surface area contributed by atoms with Gasteiger partial charge >= 0.3 is 0 Å². The van der Waals surface area contributed by atoms with Gasteiger partial charge in [-0.15, -0.1) is 0 Å². The molecule has 13 rings (SSSR count). The summed E-state index contributed by atoms with van der Waals surface area (Å²) >= 11 is 0. The van der Waals surface area contributed by atoms with Crippen LogP contribution in [0.5, 0.6) is 0 Å². The van der Waals surface area contributed by atoms with E-state index in [-0.39, 0.29) is 0 Å². The van der Waals surface area contributed by atoms with E-state index in [0.29, 0.717) is 17.5 Å². The Labute approximate surface area is 351 Å². The zero-order valence-corrected chi connectivity index (χ0v) is 32.9. The lowest BCUT2D eigenvalue weighted by molar-refractivity contribution is 1.07. The average molecular weight is 775 g/mol. The number of aromatic nitrogens is 4. The van der Waals surface area contributed by atoms with E-state index in [0.717, 1.165) is 49.9 Å². The van der Waals surface area contributed by atoms with Gasteiger partial charge < -0.3 is 4.57 Å². The molecule has 13 aromatic rings. The normalized spacial score (nSPS) is 11.9. The van der Waals surface area contributed by atoms with Crippen molar-refractivity contribution in [3.8, 4) is 51.0 Å². The fourth-order valence-corrected chi connectivity index (χ4v) is 9.79. The molecule has 0 aliphatic rings. The van der Waals surface area contributed by atoms with E-state index in [4.69, 9.17) is 15.0 Å². The van der Waals surface area contributed by atoms with Crippen LogP contribution in [-0.4, -0.2) is 19.5 Å². The summed E-state index contributed by atoms with van der Waals surface area (Å²) in [6, 6.07) is 74.1. The van der Waals surface area contributed by atoms with Crippen LogP contribution in [0.4, 0.5) is 0 Å². The maximum absolute atomic E-state index is 5.44. The van der Waals surface area contributed by atoms with E-state index in [2.05, 4.69) is 193 Å². The first kappa shape index (κ1) is 33.7. The second kappa shape index (κ2) is 13.2. The molecule has 0 atom stereocenters. The van der Waals surface area contributed by atoms with Gasteiger partial charge in [0.2, 0.25) is 0 Å². The van der Waals surface area contributed by atoms with Crippen LogP contribution in [0.3, 0.4) is 0 Å². The molecule has 0 bridgehead atoms. The third kappa shape index (κ3) is 5.22. The molecule has 2 heterocycles. The lowest BCUT2D eigenvalue weighted by atomic mass is 9.91. The highest BCUT2D eigenvalue weighted by atomic mass is 15.0. The van der Waals surface area contributed by atoms with Crippen molar-refractivity contribution in [1.82, 2.24) is 19.5 Å². The Bertz CT molecular complexity index is 3810. The molecule has 0 saturated carbocycles. The van der Waals surface area contributed by atoms with Crippen LogP contribution in [-0.2, 0) is 0 Å². The number of hydrogen-bond acceptors (Lipinski definition) is 3. The summed E-state index contributed by atoms with van der Waals surface area (Å²) in [5.41, 5.74) is 8.38. The van der Waals surface area contributed by atoms with Crippen LogP contribution in [0.25, 0.3) is 127 Å². The molecule has 0 aliphatic carbocycles. The van der Waals surface area contributed by atoms with Gasteiger partial charge in [0.05, 0.1) is 11.0 Å². The van der Waals surface area contributed by atoms with Gasteiger partial charge in [-0.2, -0.15) is 0 Å². The number of fused-ring (bicyclic) bond motifs is 6. The molecule has 0 unspecified atom stereocenters. The van der Waals surface area contributed by atoms with Crippen molar-refractivity contribution in [3.05, 3.63) is 206 Å². The van der Waals surface area contributed by atoms with Gasteiger partial charge in [-0.05, 0) is 107 Å². The highest BCUT2D eigenvalue weighted by Gasteiger charge is 2.20. The number of benzene rings is 11. The van der Waals surface area contributed by atoms with E-state index in [1.54, 1.807) is 0 Å². The van der Waals surface area contributed by atoms with Crippen LogP contribution >= 0.6 is 0 Å². The number of nitrogens with zero attached hydrogens (tertiary/aromatic N) is 4. The summed E-state index contributed by atoms with van der Waals surface area (Å²) in [6.45, 7) is 0. The molecule has 0 aliphatic heterocycles. The van der Waals surface area contributed by atoms with Gasteiger partial charge in [-0.25, -0.2) is 15.0 Å². The largest absolute Gasteiger partial charge is 0.309 e. The van der Waals surface area contributed by atoms with Crippen molar-refractivity contribution in [3.63, 3.8) is 0 Å². The van der Waals surface area contributed by atoms with Gasteiger partial charge in [0, 0.05) is 33.2 Å². The quantitative estimate of drug-likeness (QED) is 0.164. The molecule has 0 amide bonds. The maximum Gasteiger partial charge on any atom is 0.164 e. The van der Waals surface area contributed by atoms with E-state index in [9.17, 15) is 0 Å². The van der Waals surface area contributed by atoms with Crippen molar-refractivity contribution < 1.29 is 0 Å². The highest BCUT2D eigenvalue weighted by molar-refractivity contribution is 6.25. The fourth-order valence-electron chi connectivity index (χ4n) is 9.79. The summed E-state index contributed by atoms with van der Waals surface area (Å²) in [6.07, 6.45) is 0. The second-order valence-corrected chi connectivity index (χ2v) is 16.0. The zero-order chi connectivity index (χ0) is 40.0. The second-order valence-electron chi connectivity index (χ2n) is 16.0. The lowest BCUT2D eigenvalue weighted by Crippen LogP contribution is -2.02. The Morgan fingerprint density at radius 1 is 0.279 bits per heavy atom. The summed E-state index contributed by atoms with van der Waals surface area (Å²) < 4.78 is 2.39. The molecule has 282 valence electrons. The minimum absolute atomic E-state index is 0.614. The third-order valence-electron chi connectivity index (χ3n) is 12.5. The minimum atomic E-state index is 0.614. The first-order valence-corrected chi connectivity index (χ1v) is 20.8. The van der Waals surface area contributed by atoms with Crippen LogP contribution in [0, 0.1) is 0 Å². The molecular formula is C57H34N4. The van der Waals surface area contributed by atoms with Crippen LogP contribution in [0.1, 0.15) is 0 Å². The highest BCUT2D eigenvalue weighted by Crippen LogP contribution is 2.42. The molecule has 0 radical (unpaired) electrons. The maximum atomic E-state index is 5.44. The zero-order valence-electron chi connectivity index (χ0n) is 32.9. The molecule has 0 fully saturated rings. The third-order valence-corrected chi connectivity index (χ3v) is 12.5. The standard InChI is InChI=1S/C57H34N4/c1-2-13-38(14-3-1)55-58-56(60-57(59-55)49-30-28-37-26-25-35-16-12-17-36-27-29-48(49)54(37)53(35)36)41-31-40(50-34-39-15-4-5-18-43(39)44-19-6-7-20-45(44)50)32-42(33-41)61-51-23-10-8-21-46(51)47-22-9-11-24-52(47)61/h1-34H. The summed E-state index contributed by atoms with van der Waals surface area (Å²) in [5.74, 6) is 1.89. The summed E-state index contributed by atoms with van der Waals surface area (Å²) in [7, 11) is 0. The lowest BCUT2D eigenvalue weighted by Gasteiger charge is -2.17. The molecule has 4 nitrogen and oxygen atoms in total. The van der Waals surface area contributed by atoms with Crippen molar-refractivity contribution >= 4 is 75.7 Å². The Hall–Kier alpha value is -8.21. The first-order valence-electron chi connectivity index (χ1n) is 20.8. The SMILES string of the molecule is c1ccc(-c2nc(-c3cc(-c4cc5ccccc5c5ccccc45)cc(-n4c5ccccc5c5ccccc54)c3)nc(-c3ccc4ccc5cccc6ccc3c4c56)n2)cc1. The Morgan fingerprint density at radius 2 is 0.820 bits per heavy atom. The van der Waals surface area contributed by atoms with Crippen molar-refractivity contribution in [2.45, 2.75) is 0 Å². The Balaban J connectivity index is 1.12. The Kier molecular flexibility index (Phi) is 7.27. The predicted octanol–water partition coefficient (Wildman–Crippen LogP) is 14.8. The molecule has 0 saturated heterocycles. The van der Waals surface area contributed by atoms with E-state index in [1.165, 1.54) is 59.2 Å². The first-order chi connectivity index (χ1) is 30.2. The van der Waals surface area contributed by atoms with Gasteiger partial charge in [0.25, 0.3) is 0 Å². The summed E-state index contributed by atoms with van der Waals surface area (Å²) in [4.78, 5) is 16.0. The summed E-state index contributed by atoms with van der Waals surface area (Å²) in [5, 5.41) is 14.6. The van der Waals surface area contributed by atoms with Crippen LogP contribution in [0.15, 0.2) is 206 Å². The van der Waals surface area contributed by atoms with Crippen molar-refractivity contribution in [2.24, 2.45) is 0 Å². The van der Waals surface area contributed by atoms with Gasteiger partial charge in [0.15, 0.2) is 17.5 Å². The van der Waals surface area contributed by atoms with E-state index in [1.807, 2.05) is 18.2 Å². The number of para-hydroxylation sites is 2. The van der Waals surface area contributed by atoms with Gasteiger partial charge in [-0.3, -0.25) is 0 Å². The number of rotatable bonds is 5. The van der Waals surface area contributed by atoms with E-state index >= 15 is 0 Å². The molecule has 0 N–H and O–H groups in total. The molecule has 0 spiro atoms. The molecule has 11 aromatic carbocycles. The van der Waals surface area contributed by atoms with Crippen molar-refractivity contribution in [1.29, 1.82) is 0 Å². The minimum Gasteiger partial charge on any atom is -0.309 e. The average Bonchev–Trinajstić information content (AvgIpc) is 3.67. The molecule has 4 heteroatoms. The predicted molar refractivity (Wildman–Crippen MR) is 255 cm³/mol. The molecule has 2 aromatic heterocycles. The van der Waals surface area contributed by atoms with Gasteiger partial charge in [-0.1, -0.05) is 164 Å². The topological polar surface area (TPSA) is 43.6 Å². The Morgan fingerprint density at radius 3 is 1.57 bits per heavy atom. The van der Waals surface area contributed by atoms with E-state index < -0.39 is 0 Å². The fraction of sp³-hybridized carbons (Fsp3) is 0. The van der Waals surface area contributed by atoms with Crippen LogP contribution in [0.2, 0.25) is 0 Å². The number of hydrogen-bond donors (Lipinski definition) is 0. The van der Waals surface area contributed by atoms with Crippen molar-refractivity contribution in [2.75, 3.05) is 0 Å².